The molecule has 0 aliphatic carbocycles. The van der Waals surface area contributed by atoms with Gasteiger partial charge in [0.25, 0.3) is 0 Å². The van der Waals surface area contributed by atoms with Gasteiger partial charge in [0.15, 0.2) is 0 Å². The summed E-state index contributed by atoms with van der Waals surface area (Å²) in [5.74, 6) is 0.0107. The summed E-state index contributed by atoms with van der Waals surface area (Å²) in [6, 6.07) is 5.48. The van der Waals surface area contributed by atoms with Crippen LogP contribution in [0.3, 0.4) is 0 Å². The van der Waals surface area contributed by atoms with Crippen LogP contribution >= 0.6 is 0 Å². The van der Waals surface area contributed by atoms with Crippen LogP contribution in [0.15, 0.2) is 18.3 Å². The molecular formula is C10H10N4O. The Hall–Kier alpha value is -2.09. The van der Waals surface area contributed by atoms with Crippen LogP contribution in [0.25, 0.3) is 0 Å². The third kappa shape index (κ3) is 2.05. The van der Waals surface area contributed by atoms with Gasteiger partial charge in [-0.1, -0.05) is 0 Å². The van der Waals surface area contributed by atoms with Crippen molar-refractivity contribution in [1.29, 1.82) is 5.26 Å². The van der Waals surface area contributed by atoms with Gasteiger partial charge in [-0.05, 0) is 12.1 Å². The zero-order valence-electron chi connectivity index (χ0n) is 8.10. The molecule has 5 nitrogen and oxygen atoms in total. The first-order valence-electron chi connectivity index (χ1n) is 4.67. The molecule has 0 atom stereocenters. The number of carbonyl (C=O) groups is 1. The molecule has 1 aromatic rings. The van der Waals surface area contributed by atoms with Crippen LogP contribution in [0.1, 0.15) is 5.69 Å². The van der Waals surface area contributed by atoms with Crippen molar-refractivity contribution >= 4 is 11.6 Å². The molecule has 0 spiro atoms. The number of pyridine rings is 1. The molecule has 2 heterocycles. The van der Waals surface area contributed by atoms with Crippen LogP contribution in [0.4, 0.5) is 5.69 Å². The van der Waals surface area contributed by atoms with Crippen molar-refractivity contribution in [3.63, 3.8) is 0 Å². The average molecular weight is 202 g/mol. The number of nitrogens with one attached hydrogen (secondary N) is 1. The fraction of sp³-hybridized carbons (Fsp3) is 0.300. The Kier molecular flexibility index (Phi) is 2.50. The number of nitrogens with zero attached hydrogens (tertiary/aromatic N) is 3. The summed E-state index contributed by atoms with van der Waals surface area (Å²) in [7, 11) is 0. The summed E-state index contributed by atoms with van der Waals surface area (Å²) < 4.78 is 0. The molecule has 0 saturated carbocycles. The molecule has 0 bridgehead atoms. The van der Waals surface area contributed by atoms with Crippen molar-refractivity contribution in [3.05, 3.63) is 24.0 Å². The third-order valence-electron chi connectivity index (χ3n) is 2.26. The summed E-state index contributed by atoms with van der Waals surface area (Å²) in [4.78, 5) is 17.0. The maximum Gasteiger partial charge on any atom is 0.239 e. The normalized spacial score (nSPS) is 15.7. The second-order valence-electron chi connectivity index (χ2n) is 3.28. The Labute approximate surface area is 87.3 Å². The minimum atomic E-state index is 0.0107. The number of nitriles is 1. The summed E-state index contributed by atoms with van der Waals surface area (Å²) in [6.45, 7) is 1.75. The van der Waals surface area contributed by atoms with Crippen LogP contribution in [0.2, 0.25) is 0 Å². The van der Waals surface area contributed by atoms with Gasteiger partial charge >= 0.3 is 0 Å². The number of rotatable bonds is 1. The van der Waals surface area contributed by atoms with Gasteiger partial charge in [-0.15, -0.1) is 0 Å². The Morgan fingerprint density at radius 2 is 2.47 bits per heavy atom. The van der Waals surface area contributed by atoms with Crippen LogP contribution in [0, 0.1) is 11.3 Å². The van der Waals surface area contributed by atoms with E-state index in [4.69, 9.17) is 5.26 Å². The van der Waals surface area contributed by atoms with Crippen molar-refractivity contribution in [2.24, 2.45) is 0 Å². The largest absolute Gasteiger partial charge is 0.360 e. The molecule has 0 radical (unpaired) electrons. The third-order valence-corrected chi connectivity index (χ3v) is 2.26. The number of hydrogen-bond acceptors (Lipinski definition) is 4. The van der Waals surface area contributed by atoms with Crippen molar-refractivity contribution in [1.82, 2.24) is 10.3 Å². The highest BCUT2D eigenvalue weighted by molar-refractivity contribution is 5.82. The van der Waals surface area contributed by atoms with E-state index in [1.165, 1.54) is 0 Å². The van der Waals surface area contributed by atoms with E-state index in [2.05, 4.69) is 10.3 Å². The summed E-state index contributed by atoms with van der Waals surface area (Å²) in [6.07, 6.45) is 1.58. The van der Waals surface area contributed by atoms with Crippen LogP contribution in [-0.2, 0) is 4.79 Å². The first-order valence-corrected chi connectivity index (χ1v) is 4.67. The molecule has 0 unspecified atom stereocenters. The second kappa shape index (κ2) is 3.96. The minimum absolute atomic E-state index is 0.0107. The first kappa shape index (κ1) is 9.46. The Morgan fingerprint density at radius 3 is 3.20 bits per heavy atom. The van der Waals surface area contributed by atoms with E-state index in [0.29, 0.717) is 18.8 Å². The minimum Gasteiger partial charge on any atom is -0.360 e. The summed E-state index contributed by atoms with van der Waals surface area (Å²) in [5.41, 5.74) is 1.25. The zero-order chi connectivity index (χ0) is 10.7. The average Bonchev–Trinajstić information content (AvgIpc) is 2.29. The monoisotopic (exact) mass is 202 g/mol. The van der Waals surface area contributed by atoms with E-state index in [-0.39, 0.29) is 5.91 Å². The van der Waals surface area contributed by atoms with E-state index in [1.54, 1.807) is 18.3 Å². The number of hydrogen-bond donors (Lipinski definition) is 1. The number of carbonyl (C=O) groups excluding carboxylic acids is 1. The molecule has 1 saturated heterocycles. The molecule has 5 heteroatoms. The van der Waals surface area contributed by atoms with Gasteiger partial charge in [0, 0.05) is 25.0 Å². The van der Waals surface area contributed by atoms with Gasteiger partial charge < -0.3 is 10.2 Å². The Balaban J connectivity index is 2.21. The van der Waals surface area contributed by atoms with Gasteiger partial charge in [0.2, 0.25) is 5.91 Å². The van der Waals surface area contributed by atoms with Crippen molar-refractivity contribution in [2.45, 2.75) is 0 Å². The van der Waals surface area contributed by atoms with E-state index in [1.807, 2.05) is 11.0 Å². The zero-order valence-corrected chi connectivity index (χ0v) is 8.10. The molecule has 2 rings (SSSR count). The molecule has 76 valence electrons. The highest BCUT2D eigenvalue weighted by Gasteiger charge is 2.16. The van der Waals surface area contributed by atoms with Gasteiger partial charge in [-0.25, -0.2) is 4.98 Å². The van der Waals surface area contributed by atoms with Crippen molar-refractivity contribution in [2.75, 3.05) is 24.5 Å². The molecule has 1 aromatic heterocycles. The van der Waals surface area contributed by atoms with Crippen LogP contribution in [-0.4, -0.2) is 30.5 Å². The highest BCUT2D eigenvalue weighted by Crippen LogP contribution is 2.14. The predicted molar refractivity (Wildman–Crippen MR) is 54.2 cm³/mol. The predicted octanol–water partition coefficient (Wildman–Crippen LogP) is -0.111. The van der Waals surface area contributed by atoms with Crippen molar-refractivity contribution in [3.8, 4) is 6.07 Å². The number of amides is 1. The first-order chi connectivity index (χ1) is 7.29. The lowest BCUT2D eigenvalue weighted by atomic mass is 10.2. The lowest BCUT2D eigenvalue weighted by Crippen LogP contribution is -2.47. The number of aromatic nitrogens is 1. The molecule has 1 amide bonds. The standard InChI is InChI=1S/C10H10N4O/c11-6-8-5-9(1-2-12-8)14-4-3-13-10(15)7-14/h1-2,5H,3-4,7H2,(H,13,15). The van der Waals surface area contributed by atoms with E-state index >= 15 is 0 Å². The summed E-state index contributed by atoms with van der Waals surface area (Å²) >= 11 is 0. The molecule has 1 aliphatic heterocycles. The molecular weight excluding hydrogens is 192 g/mol. The van der Waals surface area contributed by atoms with Gasteiger partial charge in [-0.3, -0.25) is 4.79 Å². The van der Waals surface area contributed by atoms with Gasteiger partial charge in [0.05, 0.1) is 6.54 Å². The maximum absolute atomic E-state index is 11.2. The van der Waals surface area contributed by atoms with E-state index < -0.39 is 0 Å². The highest BCUT2D eigenvalue weighted by atomic mass is 16.2. The van der Waals surface area contributed by atoms with Crippen molar-refractivity contribution < 1.29 is 4.79 Å². The smallest absolute Gasteiger partial charge is 0.239 e. The van der Waals surface area contributed by atoms with Gasteiger partial charge in [0.1, 0.15) is 11.8 Å². The molecule has 1 N–H and O–H groups in total. The number of piperazine rings is 1. The SMILES string of the molecule is N#Cc1cc(N2CCNC(=O)C2)ccn1. The quantitative estimate of drug-likeness (QED) is 0.689. The topological polar surface area (TPSA) is 69.0 Å². The van der Waals surface area contributed by atoms with E-state index in [0.717, 1.165) is 12.2 Å². The van der Waals surface area contributed by atoms with Gasteiger partial charge in [-0.2, -0.15) is 5.26 Å². The fourth-order valence-corrected chi connectivity index (χ4v) is 1.54. The molecule has 1 aliphatic rings. The second-order valence-corrected chi connectivity index (χ2v) is 3.28. The lowest BCUT2D eigenvalue weighted by molar-refractivity contribution is -0.120. The van der Waals surface area contributed by atoms with E-state index in [9.17, 15) is 4.79 Å². The Morgan fingerprint density at radius 1 is 1.60 bits per heavy atom. The molecule has 1 fully saturated rings. The molecule has 0 aromatic carbocycles. The lowest BCUT2D eigenvalue weighted by Gasteiger charge is -2.28. The summed E-state index contributed by atoms with van der Waals surface area (Å²) in [5, 5.41) is 11.5. The molecule has 15 heavy (non-hydrogen) atoms. The maximum atomic E-state index is 11.2. The number of anilines is 1. The van der Waals surface area contributed by atoms with Crippen LogP contribution < -0.4 is 10.2 Å². The fourth-order valence-electron chi connectivity index (χ4n) is 1.54. The Bertz CT molecular complexity index is 424. The van der Waals surface area contributed by atoms with Crippen LogP contribution in [0.5, 0.6) is 0 Å².